The number of likely N-dealkylation sites (N-methyl/N-ethyl adjacent to an activating group) is 1. The van der Waals surface area contributed by atoms with Gasteiger partial charge in [0.25, 0.3) is 11.5 Å². The van der Waals surface area contributed by atoms with Crippen molar-refractivity contribution in [3.63, 3.8) is 0 Å². The summed E-state index contributed by atoms with van der Waals surface area (Å²) in [5.41, 5.74) is 1.50. The van der Waals surface area contributed by atoms with E-state index in [1.807, 2.05) is 32.2 Å². The quantitative estimate of drug-likeness (QED) is 0.627. The molecule has 1 fully saturated rings. The van der Waals surface area contributed by atoms with Gasteiger partial charge in [0.1, 0.15) is 17.9 Å². The molecule has 3 heterocycles. The number of carbonyl (C=O) groups excluding carboxylic acids is 2. The number of rotatable bonds is 1. The zero-order valence-corrected chi connectivity index (χ0v) is 21.2. The Hall–Kier alpha value is -3.09. The van der Waals surface area contributed by atoms with Crippen LogP contribution in [-0.2, 0) is 18.3 Å². The van der Waals surface area contributed by atoms with Gasteiger partial charge < -0.3 is 19.1 Å². The highest BCUT2D eigenvalue weighted by molar-refractivity contribution is 5.94. The first-order valence-electron chi connectivity index (χ1n) is 12.7. The Bertz CT molecular complexity index is 1130. The van der Waals surface area contributed by atoms with Gasteiger partial charge in [-0.2, -0.15) is 0 Å². The van der Waals surface area contributed by atoms with Gasteiger partial charge in [-0.1, -0.05) is 31.0 Å². The summed E-state index contributed by atoms with van der Waals surface area (Å²) in [6.45, 7) is 3.79. The van der Waals surface area contributed by atoms with Crippen molar-refractivity contribution < 1.29 is 14.3 Å². The van der Waals surface area contributed by atoms with Crippen molar-refractivity contribution >= 4 is 11.8 Å². The van der Waals surface area contributed by atoms with E-state index in [4.69, 9.17) is 4.74 Å². The molecule has 1 aromatic carbocycles. The molecule has 0 atom stereocenters. The highest BCUT2D eigenvalue weighted by Gasteiger charge is 2.43. The zero-order chi connectivity index (χ0) is 25.0. The first-order chi connectivity index (χ1) is 16.8. The maximum Gasteiger partial charge on any atom is 0.263 e. The molecular formula is C28H37N3O4. The molecule has 1 saturated heterocycles. The van der Waals surface area contributed by atoms with Gasteiger partial charge in [-0.05, 0) is 62.8 Å². The monoisotopic (exact) mass is 479 g/mol. The lowest BCUT2D eigenvalue weighted by molar-refractivity contribution is -0.144. The van der Waals surface area contributed by atoms with Gasteiger partial charge in [-0.3, -0.25) is 14.4 Å². The second-order valence-electron chi connectivity index (χ2n) is 10.1. The van der Waals surface area contributed by atoms with Gasteiger partial charge in [0.15, 0.2) is 0 Å². The number of amides is 2. The third-order valence-corrected chi connectivity index (χ3v) is 7.85. The highest BCUT2D eigenvalue weighted by Crippen LogP contribution is 2.39. The van der Waals surface area contributed by atoms with Gasteiger partial charge in [0, 0.05) is 32.9 Å². The Labute approximate surface area is 207 Å². The second-order valence-corrected chi connectivity index (χ2v) is 10.1. The third-order valence-electron chi connectivity index (χ3n) is 7.85. The Kier molecular flexibility index (Phi) is 7.63. The van der Waals surface area contributed by atoms with Crippen LogP contribution in [0.1, 0.15) is 60.1 Å². The summed E-state index contributed by atoms with van der Waals surface area (Å²) in [7, 11) is 3.54. The number of nitrogens with zero attached hydrogens (tertiary/aromatic N) is 3. The summed E-state index contributed by atoms with van der Waals surface area (Å²) >= 11 is 0. The molecule has 7 nitrogen and oxygen atoms in total. The van der Waals surface area contributed by atoms with Crippen LogP contribution in [0.5, 0.6) is 5.75 Å². The summed E-state index contributed by atoms with van der Waals surface area (Å²) < 4.78 is 7.55. The predicted octanol–water partition coefficient (Wildman–Crippen LogP) is 3.57. The number of ether oxygens (including phenoxy) is 1. The molecule has 2 aliphatic rings. The van der Waals surface area contributed by atoms with Crippen molar-refractivity contribution in [1.82, 2.24) is 14.4 Å². The van der Waals surface area contributed by atoms with Crippen molar-refractivity contribution in [1.29, 1.82) is 0 Å². The van der Waals surface area contributed by atoms with E-state index in [1.54, 1.807) is 29.0 Å². The number of fused-ring (bicyclic) bond motifs is 1. The van der Waals surface area contributed by atoms with Gasteiger partial charge in [-0.25, -0.2) is 0 Å². The van der Waals surface area contributed by atoms with Crippen molar-refractivity contribution in [3.05, 3.63) is 63.6 Å². The van der Waals surface area contributed by atoms with E-state index in [-0.39, 0.29) is 22.9 Å². The summed E-state index contributed by atoms with van der Waals surface area (Å²) in [4.78, 5) is 43.0. The van der Waals surface area contributed by atoms with Crippen LogP contribution in [-0.4, -0.2) is 59.5 Å². The van der Waals surface area contributed by atoms with E-state index in [0.29, 0.717) is 39.1 Å². The fourth-order valence-corrected chi connectivity index (χ4v) is 5.38. The number of likely N-dealkylation sites (tertiary alicyclic amines) is 1. The fraction of sp³-hybridized carbons (Fsp3) is 0.536. The minimum Gasteiger partial charge on any atom is -0.491 e. The number of para-hydroxylation sites is 1. The van der Waals surface area contributed by atoms with E-state index in [9.17, 15) is 14.4 Å². The van der Waals surface area contributed by atoms with Crippen molar-refractivity contribution in [2.75, 3.05) is 33.3 Å². The summed E-state index contributed by atoms with van der Waals surface area (Å²) in [6.07, 6.45) is 6.13. The third kappa shape index (κ3) is 5.29. The number of carbonyl (C=O) groups is 2. The molecule has 2 amide bonds. The van der Waals surface area contributed by atoms with Gasteiger partial charge >= 0.3 is 0 Å². The van der Waals surface area contributed by atoms with Crippen LogP contribution in [0.15, 0.2) is 41.2 Å². The average molecular weight is 480 g/mol. The predicted molar refractivity (Wildman–Crippen MR) is 136 cm³/mol. The van der Waals surface area contributed by atoms with E-state index in [1.165, 1.54) is 10.1 Å². The molecule has 0 N–H and O–H groups in total. The molecule has 35 heavy (non-hydrogen) atoms. The molecule has 7 heteroatoms. The van der Waals surface area contributed by atoms with Crippen LogP contribution in [0, 0.1) is 12.3 Å². The van der Waals surface area contributed by atoms with E-state index < -0.39 is 5.41 Å². The topological polar surface area (TPSA) is 71.8 Å². The molecule has 0 bridgehead atoms. The number of aromatic nitrogens is 1. The first-order valence-corrected chi connectivity index (χ1v) is 12.7. The van der Waals surface area contributed by atoms with Crippen LogP contribution in [0.25, 0.3) is 0 Å². The summed E-state index contributed by atoms with van der Waals surface area (Å²) in [5, 5.41) is 0. The number of hydrogen-bond donors (Lipinski definition) is 0. The van der Waals surface area contributed by atoms with Crippen LogP contribution in [0.4, 0.5) is 0 Å². The number of piperidine rings is 1. The Morgan fingerprint density at radius 2 is 1.66 bits per heavy atom. The second kappa shape index (κ2) is 10.7. The Balaban J connectivity index is 1.47. The largest absolute Gasteiger partial charge is 0.491 e. The SMILES string of the molecule is Cc1ccc(C(=O)N2CCC3(CCCCCc4ccccc4OCCN(C)C3=O)CC2)c(=O)n1C. The normalized spacial score (nSPS) is 19.2. The Morgan fingerprint density at radius 1 is 0.914 bits per heavy atom. The molecule has 1 spiro atoms. The smallest absolute Gasteiger partial charge is 0.263 e. The minimum atomic E-state index is -0.468. The van der Waals surface area contributed by atoms with Crippen LogP contribution in [0.2, 0.25) is 0 Å². The molecular weight excluding hydrogens is 442 g/mol. The van der Waals surface area contributed by atoms with Crippen LogP contribution >= 0.6 is 0 Å². The lowest BCUT2D eigenvalue weighted by Crippen LogP contribution is -2.51. The molecule has 188 valence electrons. The number of hydrogen-bond acceptors (Lipinski definition) is 4. The van der Waals surface area contributed by atoms with Gasteiger partial charge in [0.2, 0.25) is 5.91 Å². The maximum absolute atomic E-state index is 13.7. The van der Waals surface area contributed by atoms with Crippen molar-refractivity contribution in [2.45, 2.75) is 51.9 Å². The molecule has 0 radical (unpaired) electrons. The van der Waals surface area contributed by atoms with Crippen molar-refractivity contribution in [3.8, 4) is 5.75 Å². The summed E-state index contributed by atoms with van der Waals surface area (Å²) in [6, 6.07) is 11.6. The number of aryl methyl sites for hydroxylation is 2. The first kappa shape index (κ1) is 25.0. The summed E-state index contributed by atoms with van der Waals surface area (Å²) in [5.74, 6) is 0.820. The molecule has 0 unspecified atom stereocenters. The standard InChI is InChI=1S/C28H37N3O4/c1-21-12-13-23(25(32)30(21)3)26(33)31-17-15-28(16-18-31)14-8-4-5-9-22-10-6-7-11-24(22)35-20-19-29(2)27(28)34/h6-7,10-13H,4-5,8-9,14-20H2,1-3H3. The highest BCUT2D eigenvalue weighted by atomic mass is 16.5. The number of benzene rings is 1. The minimum absolute atomic E-state index is 0.145. The molecule has 2 aliphatic heterocycles. The number of pyridine rings is 1. The fourth-order valence-electron chi connectivity index (χ4n) is 5.38. The van der Waals surface area contributed by atoms with Crippen molar-refractivity contribution in [2.24, 2.45) is 12.5 Å². The Morgan fingerprint density at radius 3 is 2.43 bits per heavy atom. The zero-order valence-electron chi connectivity index (χ0n) is 21.2. The lowest BCUT2D eigenvalue weighted by atomic mass is 9.73. The molecule has 0 saturated carbocycles. The maximum atomic E-state index is 13.7. The van der Waals surface area contributed by atoms with E-state index >= 15 is 0 Å². The van der Waals surface area contributed by atoms with Gasteiger partial charge in [0.05, 0.1) is 12.0 Å². The van der Waals surface area contributed by atoms with Gasteiger partial charge in [-0.15, -0.1) is 0 Å². The van der Waals surface area contributed by atoms with Crippen LogP contribution in [0.3, 0.4) is 0 Å². The van der Waals surface area contributed by atoms with Crippen LogP contribution < -0.4 is 10.3 Å². The molecule has 4 rings (SSSR count). The van der Waals surface area contributed by atoms with E-state index in [2.05, 4.69) is 6.07 Å². The lowest BCUT2D eigenvalue weighted by Gasteiger charge is -2.42. The molecule has 0 aliphatic carbocycles. The molecule has 1 aromatic heterocycles. The average Bonchev–Trinajstić information content (AvgIpc) is 2.88. The van der Waals surface area contributed by atoms with E-state index in [0.717, 1.165) is 43.5 Å². The molecule has 2 aromatic rings.